The molecule has 0 bridgehead atoms. The van der Waals surface area contributed by atoms with Crippen molar-refractivity contribution in [2.75, 3.05) is 0 Å². The molecule has 1 amide bonds. The van der Waals surface area contributed by atoms with Crippen LogP contribution in [0.4, 0.5) is 0 Å². The molecular weight excluding hydrogens is 342 g/mol. The molecule has 2 heteroatoms. The molecule has 1 rings (SSSR count). The summed E-state index contributed by atoms with van der Waals surface area (Å²) in [4.78, 5) is 12.1. The van der Waals surface area contributed by atoms with Crippen molar-refractivity contribution in [2.24, 2.45) is 0 Å². The normalized spacial score (nSPS) is 11.9. The number of unbranched alkanes of at least 4 members (excludes halogenated alkanes) is 10. The van der Waals surface area contributed by atoms with Crippen molar-refractivity contribution in [1.82, 2.24) is 5.32 Å². The molecule has 28 heavy (non-hydrogen) atoms. The van der Waals surface area contributed by atoms with Gasteiger partial charge in [0.05, 0.1) is 0 Å². The number of carbonyl (C=O) groups is 1. The lowest BCUT2D eigenvalue weighted by molar-refractivity contribution is -0.118. The molecule has 0 heterocycles. The average molecular weight is 386 g/mol. The van der Waals surface area contributed by atoms with Crippen molar-refractivity contribution >= 4 is 5.91 Å². The summed E-state index contributed by atoms with van der Waals surface area (Å²) in [6.45, 7) is 7.83. The molecule has 1 aromatic carbocycles. The van der Waals surface area contributed by atoms with Crippen LogP contribution < -0.4 is 5.32 Å². The molecule has 1 unspecified atom stereocenters. The topological polar surface area (TPSA) is 29.1 Å². The number of benzene rings is 1. The van der Waals surface area contributed by atoms with Gasteiger partial charge in [-0.2, -0.15) is 0 Å². The maximum absolute atomic E-state index is 12.1. The Bertz CT molecular complexity index is 522. The molecule has 0 spiro atoms. The van der Waals surface area contributed by atoms with Crippen LogP contribution in [0.3, 0.4) is 0 Å². The van der Waals surface area contributed by atoms with Crippen LogP contribution in [0.15, 0.2) is 42.5 Å². The molecule has 1 atom stereocenters. The summed E-state index contributed by atoms with van der Waals surface area (Å²) in [6.07, 6.45) is 18.0. The zero-order valence-corrected chi connectivity index (χ0v) is 18.5. The van der Waals surface area contributed by atoms with Gasteiger partial charge in [0, 0.05) is 11.6 Å². The van der Waals surface area contributed by atoms with E-state index < -0.39 is 0 Å². The third-order valence-electron chi connectivity index (χ3n) is 5.50. The summed E-state index contributed by atoms with van der Waals surface area (Å²) >= 11 is 0. The summed E-state index contributed by atoms with van der Waals surface area (Å²) < 4.78 is 0. The SMILES string of the molecule is C=C(C)C(=O)NC(CCCCCCCCCCCCC)CCc1ccccc1. The summed E-state index contributed by atoms with van der Waals surface area (Å²) in [5.74, 6) is 0.00105. The zero-order valence-electron chi connectivity index (χ0n) is 18.5. The first kappa shape index (κ1) is 24.5. The van der Waals surface area contributed by atoms with E-state index >= 15 is 0 Å². The monoisotopic (exact) mass is 385 g/mol. The Hall–Kier alpha value is -1.57. The highest BCUT2D eigenvalue weighted by Gasteiger charge is 2.12. The van der Waals surface area contributed by atoms with Crippen LogP contribution in [0, 0.1) is 0 Å². The fourth-order valence-electron chi connectivity index (χ4n) is 3.64. The highest BCUT2D eigenvalue weighted by Crippen LogP contribution is 2.15. The van der Waals surface area contributed by atoms with E-state index in [4.69, 9.17) is 0 Å². The van der Waals surface area contributed by atoms with Crippen LogP contribution in [-0.4, -0.2) is 11.9 Å². The van der Waals surface area contributed by atoms with Gasteiger partial charge in [-0.05, 0) is 31.7 Å². The van der Waals surface area contributed by atoms with Crippen molar-refractivity contribution < 1.29 is 4.79 Å². The number of nitrogens with one attached hydrogen (secondary N) is 1. The van der Waals surface area contributed by atoms with Gasteiger partial charge in [-0.25, -0.2) is 0 Å². The summed E-state index contributed by atoms with van der Waals surface area (Å²) in [6, 6.07) is 10.8. The molecule has 0 radical (unpaired) electrons. The second kappa shape index (κ2) is 16.4. The van der Waals surface area contributed by atoms with E-state index in [0.717, 1.165) is 19.3 Å². The molecule has 0 saturated carbocycles. The van der Waals surface area contributed by atoms with Gasteiger partial charge in [0.2, 0.25) is 5.91 Å². The largest absolute Gasteiger partial charge is 0.350 e. The van der Waals surface area contributed by atoms with Gasteiger partial charge in [-0.1, -0.05) is 114 Å². The highest BCUT2D eigenvalue weighted by molar-refractivity contribution is 5.92. The van der Waals surface area contributed by atoms with Crippen LogP contribution in [-0.2, 0) is 11.2 Å². The molecule has 0 aliphatic rings. The maximum Gasteiger partial charge on any atom is 0.246 e. The molecule has 2 nitrogen and oxygen atoms in total. The van der Waals surface area contributed by atoms with Crippen LogP contribution in [0.1, 0.15) is 103 Å². The molecule has 0 aliphatic carbocycles. The Kier molecular flexibility index (Phi) is 14.3. The van der Waals surface area contributed by atoms with E-state index in [2.05, 4.69) is 49.2 Å². The number of carbonyl (C=O) groups excluding carboxylic acids is 1. The first-order valence-corrected chi connectivity index (χ1v) is 11.6. The van der Waals surface area contributed by atoms with E-state index in [-0.39, 0.29) is 11.9 Å². The van der Waals surface area contributed by atoms with Crippen molar-refractivity contribution in [1.29, 1.82) is 0 Å². The van der Waals surface area contributed by atoms with Crippen molar-refractivity contribution in [3.8, 4) is 0 Å². The second-order valence-corrected chi connectivity index (χ2v) is 8.30. The van der Waals surface area contributed by atoms with E-state index in [9.17, 15) is 4.79 Å². The lowest BCUT2D eigenvalue weighted by atomic mass is 9.99. The van der Waals surface area contributed by atoms with Gasteiger partial charge in [0.25, 0.3) is 0 Å². The van der Waals surface area contributed by atoms with Crippen LogP contribution >= 0.6 is 0 Å². The van der Waals surface area contributed by atoms with Crippen LogP contribution in [0.2, 0.25) is 0 Å². The lowest BCUT2D eigenvalue weighted by Crippen LogP contribution is -2.35. The van der Waals surface area contributed by atoms with Crippen LogP contribution in [0.5, 0.6) is 0 Å². The van der Waals surface area contributed by atoms with E-state index in [0.29, 0.717) is 5.57 Å². The van der Waals surface area contributed by atoms with Crippen molar-refractivity contribution in [3.05, 3.63) is 48.0 Å². The molecule has 0 aliphatic heterocycles. The first-order chi connectivity index (χ1) is 13.6. The minimum atomic E-state index is 0.00105. The van der Waals surface area contributed by atoms with E-state index in [1.54, 1.807) is 6.92 Å². The molecule has 158 valence electrons. The standard InChI is InChI=1S/C26H43NO/c1-4-5-6-7-8-9-10-11-12-13-17-20-25(27-26(28)23(2)3)22-21-24-18-15-14-16-19-24/h14-16,18-19,25H,2,4-13,17,20-22H2,1,3H3,(H,27,28). The quantitative estimate of drug-likeness (QED) is 0.220. The molecular formula is C26H43NO. The van der Waals surface area contributed by atoms with Gasteiger partial charge in [-0.15, -0.1) is 0 Å². The number of aryl methyl sites for hydroxylation is 1. The number of rotatable bonds is 17. The molecule has 0 aromatic heterocycles. The Morgan fingerprint density at radius 2 is 1.39 bits per heavy atom. The molecule has 0 saturated heterocycles. The third-order valence-corrected chi connectivity index (χ3v) is 5.50. The second-order valence-electron chi connectivity index (χ2n) is 8.30. The van der Waals surface area contributed by atoms with Gasteiger partial charge in [0.15, 0.2) is 0 Å². The molecule has 1 N–H and O–H groups in total. The van der Waals surface area contributed by atoms with Gasteiger partial charge < -0.3 is 5.32 Å². The zero-order chi connectivity index (χ0) is 20.5. The first-order valence-electron chi connectivity index (χ1n) is 11.6. The minimum Gasteiger partial charge on any atom is -0.350 e. The van der Waals surface area contributed by atoms with Gasteiger partial charge in [0.1, 0.15) is 0 Å². The number of amides is 1. The summed E-state index contributed by atoms with van der Waals surface area (Å²) in [5.41, 5.74) is 1.94. The molecule has 1 aromatic rings. The number of hydrogen-bond donors (Lipinski definition) is 1. The highest BCUT2D eigenvalue weighted by atomic mass is 16.1. The fourth-order valence-corrected chi connectivity index (χ4v) is 3.64. The summed E-state index contributed by atoms with van der Waals surface area (Å²) in [7, 11) is 0. The number of hydrogen-bond acceptors (Lipinski definition) is 1. The summed E-state index contributed by atoms with van der Waals surface area (Å²) in [5, 5.41) is 3.18. The van der Waals surface area contributed by atoms with E-state index in [1.807, 2.05) is 0 Å². The van der Waals surface area contributed by atoms with Gasteiger partial charge in [-0.3, -0.25) is 4.79 Å². The Morgan fingerprint density at radius 3 is 1.93 bits per heavy atom. The van der Waals surface area contributed by atoms with Crippen molar-refractivity contribution in [3.63, 3.8) is 0 Å². The predicted octanol–water partition coefficient (Wildman–Crippen LogP) is 7.38. The smallest absolute Gasteiger partial charge is 0.246 e. The third kappa shape index (κ3) is 12.8. The van der Waals surface area contributed by atoms with Crippen LogP contribution in [0.25, 0.3) is 0 Å². The molecule has 0 fully saturated rings. The van der Waals surface area contributed by atoms with Gasteiger partial charge >= 0.3 is 0 Å². The maximum atomic E-state index is 12.1. The lowest BCUT2D eigenvalue weighted by Gasteiger charge is -2.19. The average Bonchev–Trinajstić information content (AvgIpc) is 2.70. The van der Waals surface area contributed by atoms with Crippen molar-refractivity contribution in [2.45, 2.75) is 110 Å². The minimum absolute atomic E-state index is 0.00105. The Morgan fingerprint density at radius 1 is 0.857 bits per heavy atom. The Labute approximate surface area is 174 Å². The van der Waals surface area contributed by atoms with E-state index in [1.165, 1.54) is 76.2 Å². The predicted molar refractivity (Wildman–Crippen MR) is 123 cm³/mol. The Balaban J connectivity index is 2.18. The fraction of sp³-hybridized carbons (Fsp3) is 0.654.